The third-order valence-electron chi connectivity index (χ3n) is 5.81. The van der Waals surface area contributed by atoms with Gasteiger partial charge in [-0.1, -0.05) is 62.4 Å². The first-order valence-corrected chi connectivity index (χ1v) is 12.1. The monoisotopic (exact) mass is 424 g/mol. The summed E-state index contributed by atoms with van der Waals surface area (Å²) in [5, 5.41) is 0.668. The highest BCUT2D eigenvalue weighted by atomic mass is 32.2. The maximum Gasteiger partial charge on any atom is 0.242 e. The molecule has 30 heavy (non-hydrogen) atoms. The highest BCUT2D eigenvalue weighted by Crippen LogP contribution is 2.29. The first-order valence-electron chi connectivity index (χ1n) is 10.5. The molecule has 1 fully saturated rings. The van der Waals surface area contributed by atoms with Gasteiger partial charge in [-0.2, -0.15) is 0 Å². The highest BCUT2D eigenvalue weighted by Gasteiger charge is 2.27. The Kier molecular flexibility index (Phi) is 5.69. The van der Waals surface area contributed by atoms with Crippen molar-refractivity contribution < 1.29 is 13.2 Å². The van der Waals surface area contributed by atoms with Crippen LogP contribution in [0.3, 0.4) is 0 Å². The minimum atomic E-state index is -3.54. The van der Waals surface area contributed by atoms with Gasteiger partial charge in [0.15, 0.2) is 9.84 Å². The second-order valence-corrected chi connectivity index (χ2v) is 10.6. The van der Waals surface area contributed by atoms with Gasteiger partial charge >= 0.3 is 0 Å². The molecule has 2 unspecified atom stereocenters. The summed E-state index contributed by atoms with van der Waals surface area (Å²) in [6.45, 7) is 6.04. The number of para-hydroxylation sites is 1. The van der Waals surface area contributed by atoms with Crippen LogP contribution in [0.1, 0.15) is 25.8 Å². The van der Waals surface area contributed by atoms with Gasteiger partial charge in [0.05, 0.1) is 10.6 Å². The highest BCUT2D eigenvalue weighted by molar-refractivity contribution is 7.90. The summed E-state index contributed by atoms with van der Waals surface area (Å²) in [5.74, 6) is 0.958. The van der Waals surface area contributed by atoms with E-state index in [0.717, 1.165) is 30.6 Å². The molecule has 2 aromatic carbocycles. The van der Waals surface area contributed by atoms with Crippen molar-refractivity contribution in [2.24, 2.45) is 11.8 Å². The zero-order chi connectivity index (χ0) is 21.3. The third-order valence-corrected chi connectivity index (χ3v) is 7.52. The summed E-state index contributed by atoms with van der Waals surface area (Å²) in [6.07, 6.45) is 2.77. The lowest BCUT2D eigenvalue weighted by Crippen LogP contribution is -2.43. The van der Waals surface area contributed by atoms with Gasteiger partial charge < -0.3 is 9.47 Å². The summed E-state index contributed by atoms with van der Waals surface area (Å²) in [6, 6.07) is 16.6. The van der Waals surface area contributed by atoms with E-state index in [1.54, 1.807) is 10.8 Å². The number of carbonyl (C=O) groups is 1. The van der Waals surface area contributed by atoms with Gasteiger partial charge in [0.1, 0.15) is 6.54 Å². The number of piperidine rings is 1. The molecule has 2 heterocycles. The van der Waals surface area contributed by atoms with Crippen molar-refractivity contribution in [3.8, 4) is 0 Å². The topological polar surface area (TPSA) is 59.4 Å². The van der Waals surface area contributed by atoms with Crippen LogP contribution in [-0.2, 0) is 26.9 Å². The van der Waals surface area contributed by atoms with E-state index in [9.17, 15) is 13.2 Å². The Morgan fingerprint density at radius 1 is 0.967 bits per heavy atom. The first kappa shape index (κ1) is 20.7. The van der Waals surface area contributed by atoms with Gasteiger partial charge in [-0.05, 0) is 29.9 Å². The predicted octanol–water partition coefficient (Wildman–Crippen LogP) is 4.12. The molecule has 0 aliphatic carbocycles. The molecule has 1 saturated heterocycles. The maximum atomic E-state index is 13.2. The van der Waals surface area contributed by atoms with Crippen LogP contribution in [0.5, 0.6) is 0 Å². The molecule has 158 valence electrons. The zero-order valence-corrected chi connectivity index (χ0v) is 18.3. The Morgan fingerprint density at radius 3 is 2.30 bits per heavy atom. The summed E-state index contributed by atoms with van der Waals surface area (Å²) < 4.78 is 28.2. The lowest BCUT2D eigenvalue weighted by Gasteiger charge is -2.35. The summed E-state index contributed by atoms with van der Waals surface area (Å²) in [4.78, 5) is 15.2. The smallest absolute Gasteiger partial charge is 0.242 e. The van der Waals surface area contributed by atoms with Crippen molar-refractivity contribution in [2.75, 3.05) is 13.1 Å². The van der Waals surface area contributed by atoms with Crippen molar-refractivity contribution in [2.45, 2.75) is 37.5 Å². The minimum absolute atomic E-state index is 0.0427. The predicted molar refractivity (Wildman–Crippen MR) is 119 cm³/mol. The fourth-order valence-electron chi connectivity index (χ4n) is 4.58. The minimum Gasteiger partial charge on any atom is -0.341 e. The lowest BCUT2D eigenvalue weighted by atomic mass is 9.92. The van der Waals surface area contributed by atoms with Crippen LogP contribution in [-0.4, -0.2) is 36.9 Å². The van der Waals surface area contributed by atoms with Gasteiger partial charge in [0.25, 0.3) is 0 Å². The number of hydrogen-bond acceptors (Lipinski definition) is 3. The molecule has 0 N–H and O–H groups in total. The molecule has 1 aromatic heterocycles. The summed E-state index contributed by atoms with van der Waals surface area (Å²) >= 11 is 0. The molecule has 1 amide bonds. The number of amides is 1. The number of likely N-dealkylation sites (tertiary alicyclic amines) is 1. The molecule has 5 nitrogen and oxygen atoms in total. The van der Waals surface area contributed by atoms with Crippen molar-refractivity contribution in [1.82, 2.24) is 9.47 Å². The fourth-order valence-corrected chi connectivity index (χ4v) is 6.16. The summed E-state index contributed by atoms with van der Waals surface area (Å²) in [5.41, 5.74) is 1.53. The van der Waals surface area contributed by atoms with Gasteiger partial charge in [0, 0.05) is 30.2 Å². The first-order chi connectivity index (χ1) is 14.3. The van der Waals surface area contributed by atoms with E-state index in [4.69, 9.17) is 0 Å². The van der Waals surface area contributed by atoms with Gasteiger partial charge in [0.2, 0.25) is 5.91 Å². The number of benzene rings is 2. The van der Waals surface area contributed by atoms with Crippen LogP contribution >= 0.6 is 0 Å². The quantitative estimate of drug-likeness (QED) is 0.619. The molecule has 0 radical (unpaired) electrons. The molecule has 6 heteroatoms. The number of sulfone groups is 1. The number of hydrogen-bond donors (Lipinski definition) is 0. The molecule has 1 aliphatic rings. The second kappa shape index (κ2) is 8.26. The Balaban J connectivity index is 1.65. The van der Waals surface area contributed by atoms with Crippen molar-refractivity contribution >= 4 is 26.6 Å². The van der Waals surface area contributed by atoms with Gasteiger partial charge in [-0.15, -0.1) is 0 Å². The molecular weight excluding hydrogens is 396 g/mol. The van der Waals surface area contributed by atoms with Crippen molar-refractivity contribution in [1.29, 1.82) is 0 Å². The summed E-state index contributed by atoms with van der Waals surface area (Å²) in [7, 11) is -3.54. The second-order valence-electron chi connectivity index (χ2n) is 8.63. The van der Waals surface area contributed by atoms with E-state index in [1.165, 1.54) is 0 Å². The molecule has 2 atom stereocenters. The molecule has 3 aromatic rings. The Bertz CT molecular complexity index is 1140. The van der Waals surface area contributed by atoms with Crippen LogP contribution in [0.25, 0.3) is 10.9 Å². The molecule has 1 aliphatic heterocycles. The van der Waals surface area contributed by atoms with E-state index in [2.05, 4.69) is 13.8 Å². The largest absolute Gasteiger partial charge is 0.341 e. The molecule has 0 bridgehead atoms. The average Bonchev–Trinajstić information content (AvgIpc) is 3.07. The van der Waals surface area contributed by atoms with Crippen LogP contribution in [0.4, 0.5) is 0 Å². The Hall–Kier alpha value is -2.60. The standard InChI is InChI=1S/C24H28N2O3S/c1-18-12-19(2)14-26(13-18)24(27)16-25-15-23(21-10-6-7-11-22(21)25)30(28,29)17-20-8-4-3-5-9-20/h3-11,15,18-19H,12-14,16-17H2,1-2H3. The van der Waals surface area contributed by atoms with E-state index in [1.807, 2.05) is 59.5 Å². The molecule has 0 spiro atoms. The van der Waals surface area contributed by atoms with E-state index < -0.39 is 9.84 Å². The molecule has 4 rings (SSSR count). The maximum absolute atomic E-state index is 13.2. The lowest BCUT2D eigenvalue weighted by molar-refractivity contribution is -0.134. The van der Waals surface area contributed by atoms with Crippen molar-refractivity contribution in [3.05, 3.63) is 66.4 Å². The van der Waals surface area contributed by atoms with Gasteiger partial charge in [-0.25, -0.2) is 8.42 Å². The van der Waals surface area contributed by atoms with E-state index in [0.29, 0.717) is 17.2 Å². The number of carbonyl (C=O) groups excluding carboxylic acids is 1. The number of rotatable bonds is 5. The van der Waals surface area contributed by atoms with Crippen molar-refractivity contribution in [3.63, 3.8) is 0 Å². The number of aromatic nitrogens is 1. The molecular formula is C24H28N2O3S. The third kappa shape index (κ3) is 4.29. The zero-order valence-electron chi connectivity index (χ0n) is 17.5. The SMILES string of the molecule is CC1CC(C)CN(C(=O)Cn2cc(S(=O)(=O)Cc3ccccc3)c3ccccc32)C1. The van der Waals surface area contributed by atoms with Crippen LogP contribution in [0.15, 0.2) is 65.7 Å². The van der Waals surface area contributed by atoms with Crippen LogP contribution in [0.2, 0.25) is 0 Å². The van der Waals surface area contributed by atoms with Crippen LogP contribution < -0.4 is 0 Å². The molecule has 0 saturated carbocycles. The van der Waals surface area contributed by atoms with Gasteiger partial charge in [-0.3, -0.25) is 4.79 Å². The number of fused-ring (bicyclic) bond motifs is 1. The van der Waals surface area contributed by atoms with E-state index in [-0.39, 0.29) is 23.1 Å². The number of nitrogens with zero attached hydrogens (tertiary/aromatic N) is 2. The average molecular weight is 425 g/mol. The van der Waals surface area contributed by atoms with E-state index >= 15 is 0 Å². The Morgan fingerprint density at radius 2 is 1.60 bits per heavy atom. The van der Waals surface area contributed by atoms with Crippen LogP contribution in [0, 0.1) is 11.8 Å². The normalized spacial score (nSPS) is 19.9. The Labute approximate surface area is 178 Å². The fraction of sp³-hybridized carbons (Fsp3) is 0.375.